The van der Waals surface area contributed by atoms with E-state index in [2.05, 4.69) is 17.1 Å². The van der Waals surface area contributed by atoms with Crippen LogP contribution in [0.25, 0.3) is 11.4 Å². The normalized spacial score (nSPS) is 10.9. The van der Waals surface area contributed by atoms with Crippen LogP contribution in [0.4, 0.5) is 0 Å². The standard InChI is InChI=1S/C13H18N4O2S/c1-3-4-6-17-12(10-5-7-19-9(10)2)15-16-13(17)20-8-11(14)18/h5,7H,3-4,6,8H2,1-2H3,(H2,14,18). The van der Waals surface area contributed by atoms with Crippen molar-refractivity contribution in [1.29, 1.82) is 0 Å². The third kappa shape index (κ3) is 3.22. The number of nitrogens with zero attached hydrogens (tertiary/aromatic N) is 3. The number of hydrogen-bond acceptors (Lipinski definition) is 5. The molecular weight excluding hydrogens is 276 g/mol. The smallest absolute Gasteiger partial charge is 0.227 e. The van der Waals surface area contributed by atoms with Gasteiger partial charge in [-0.2, -0.15) is 0 Å². The predicted molar refractivity (Wildman–Crippen MR) is 77.3 cm³/mol. The Bertz CT molecular complexity index is 591. The Kier molecular flexibility index (Phi) is 4.84. The van der Waals surface area contributed by atoms with Crippen molar-refractivity contribution in [3.05, 3.63) is 18.1 Å². The lowest BCUT2D eigenvalue weighted by molar-refractivity contribution is -0.115. The van der Waals surface area contributed by atoms with E-state index < -0.39 is 0 Å². The van der Waals surface area contributed by atoms with Gasteiger partial charge in [-0.1, -0.05) is 25.1 Å². The molecular formula is C13H18N4O2S. The first-order valence-corrected chi connectivity index (χ1v) is 7.50. The molecule has 0 aromatic carbocycles. The maximum absolute atomic E-state index is 10.9. The van der Waals surface area contributed by atoms with E-state index in [1.165, 1.54) is 11.8 Å². The SMILES string of the molecule is CCCCn1c(SCC(N)=O)nnc1-c1ccoc1C. The van der Waals surface area contributed by atoms with Crippen molar-refractivity contribution < 1.29 is 9.21 Å². The summed E-state index contributed by atoms with van der Waals surface area (Å²) in [5.41, 5.74) is 6.11. The van der Waals surface area contributed by atoms with E-state index in [0.717, 1.165) is 36.5 Å². The average molecular weight is 294 g/mol. The average Bonchev–Trinajstić information content (AvgIpc) is 2.99. The van der Waals surface area contributed by atoms with E-state index in [0.29, 0.717) is 5.16 Å². The van der Waals surface area contributed by atoms with Gasteiger partial charge in [0.05, 0.1) is 17.6 Å². The van der Waals surface area contributed by atoms with Crippen LogP contribution in [-0.2, 0) is 11.3 Å². The van der Waals surface area contributed by atoms with Crippen LogP contribution in [0.5, 0.6) is 0 Å². The molecule has 2 N–H and O–H groups in total. The molecule has 0 aliphatic heterocycles. The molecule has 0 saturated carbocycles. The topological polar surface area (TPSA) is 86.9 Å². The van der Waals surface area contributed by atoms with Crippen molar-refractivity contribution in [2.75, 3.05) is 5.75 Å². The maximum Gasteiger partial charge on any atom is 0.227 e. The lowest BCUT2D eigenvalue weighted by Gasteiger charge is -2.08. The Morgan fingerprint density at radius 2 is 2.30 bits per heavy atom. The van der Waals surface area contributed by atoms with E-state index in [1.807, 2.05) is 17.6 Å². The van der Waals surface area contributed by atoms with Crippen LogP contribution in [0, 0.1) is 6.92 Å². The second kappa shape index (κ2) is 6.60. The minimum Gasteiger partial charge on any atom is -0.469 e. The summed E-state index contributed by atoms with van der Waals surface area (Å²) in [7, 11) is 0. The third-order valence-corrected chi connectivity index (χ3v) is 3.88. The van der Waals surface area contributed by atoms with E-state index in [4.69, 9.17) is 10.2 Å². The molecule has 2 heterocycles. The zero-order valence-corrected chi connectivity index (χ0v) is 12.4. The summed E-state index contributed by atoms with van der Waals surface area (Å²) in [6.45, 7) is 4.83. The van der Waals surface area contributed by atoms with E-state index in [9.17, 15) is 4.79 Å². The van der Waals surface area contributed by atoms with Gasteiger partial charge in [-0.25, -0.2) is 0 Å². The van der Waals surface area contributed by atoms with Gasteiger partial charge in [0.2, 0.25) is 5.91 Å². The molecule has 6 nitrogen and oxygen atoms in total. The van der Waals surface area contributed by atoms with Crippen molar-refractivity contribution in [2.24, 2.45) is 5.73 Å². The van der Waals surface area contributed by atoms with Gasteiger partial charge in [0.1, 0.15) is 5.76 Å². The van der Waals surface area contributed by atoms with Gasteiger partial charge >= 0.3 is 0 Å². The molecule has 0 bridgehead atoms. The number of nitrogens with two attached hydrogens (primary N) is 1. The monoisotopic (exact) mass is 294 g/mol. The molecule has 0 spiro atoms. The fourth-order valence-corrected chi connectivity index (χ4v) is 2.57. The number of hydrogen-bond donors (Lipinski definition) is 1. The number of unbranched alkanes of at least 4 members (excludes halogenated alkanes) is 1. The molecule has 0 radical (unpaired) electrons. The van der Waals surface area contributed by atoms with Crippen LogP contribution in [0.15, 0.2) is 21.9 Å². The zero-order valence-electron chi connectivity index (χ0n) is 11.6. The molecule has 20 heavy (non-hydrogen) atoms. The molecule has 0 fully saturated rings. The fraction of sp³-hybridized carbons (Fsp3) is 0.462. The summed E-state index contributed by atoms with van der Waals surface area (Å²) in [6.07, 6.45) is 3.73. The van der Waals surface area contributed by atoms with E-state index >= 15 is 0 Å². The van der Waals surface area contributed by atoms with Gasteiger partial charge in [0.15, 0.2) is 11.0 Å². The molecule has 108 valence electrons. The molecule has 0 unspecified atom stereocenters. The summed E-state index contributed by atoms with van der Waals surface area (Å²) < 4.78 is 7.35. The fourth-order valence-electron chi connectivity index (χ4n) is 1.87. The number of aryl methyl sites for hydroxylation is 1. The Labute approximate surface area is 121 Å². The molecule has 2 aromatic heterocycles. The van der Waals surface area contributed by atoms with Gasteiger partial charge in [0, 0.05) is 6.54 Å². The number of carbonyl (C=O) groups excluding carboxylic acids is 1. The summed E-state index contributed by atoms with van der Waals surface area (Å²) in [5.74, 6) is 1.42. The summed E-state index contributed by atoms with van der Waals surface area (Å²) in [6, 6.07) is 1.88. The molecule has 0 aliphatic carbocycles. The lowest BCUT2D eigenvalue weighted by Crippen LogP contribution is -2.14. The zero-order chi connectivity index (χ0) is 14.5. The summed E-state index contributed by atoms with van der Waals surface area (Å²) in [5, 5.41) is 9.11. The number of primary amides is 1. The highest BCUT2D eigenvalue weighted by Gasteiger charge is 2.17. The number of aromatic nitrogens is 3. The predicted octanol–water partition coefficient (Wildman–Crippen LogP) is 2.22. The highest BCUT2D eigenvalue weighted by atomic mass is 32.2. The van der Waals surface area contributed by atoms with Gasteiger partial charge < -0.3 is 14.7 Å². The highest BCUT2D eigenvalue weighted by Crippen LogP contribution is 2.27. The van der Waals surface area contributed by atoms with E-state index in [-0.39, 0.29) is 11.7 Å². The van der Waals surface area contributed by atoms with Crippen molar-refractivity contribution in [3.63, 3.8) is 0 Å². The van der Waals surface area contributed by atoms with Gasteiger partial charge in [0.25, 0.3) is 0 Å². The minimum absolute atomic E-state index is 0.203. The van der Waals surface area contributed by atoms with Crippen molar-refractivity contribution in [3.8, 4) is 11.4 Å². The molecule has 2 rings (SSSR count). The first-order chi connectivity index (χ1) is 9.63. The maximum atomic E-state index is 10.9. The lowest BCUT2D eigenvalue weighted by atomic mass is 10.2. The Balaban J connectivity index is 2.31. The molecule has 2 aromatic rings. The Hall–Kier alpha value is -1.76. The van der Waals surface area contributed by atoms with Crippen LogP contribution in [0.1, 0.15) is 25.5 Å². The van der Waals surface area contributed by atoms with Crippen LogP contribution < -0.4 is 5.73 Å². The number of furan rings is 1. The first-order valence-electron chi connectivity index (χ1n) is 6.52. The number of rotatable bonds is 7. The Morgan fingerprint density at radius 3 is 2.90 bits per heavy atom. The van der Waals surface area contributed by atoms with Crippen LogP contribution in [0.3, 0.4) is 0 Å². The third-order valence-electron chi connectivity index (χ3n) is 2.90. The van der Waals surface area contributed by atoms with Crippen LogP contribution >= 0.6 is 11.8 Å². The minimum atomic E-state index is -0.360. The largest absolute Gasteiger partial charge is 0.469 e. The highest BCUT2D eigenvalue weighted by molar-refractivity contribution is 7.99. The van der Waals surface area contributed by atoms with Crippen molar-refractivity contribution in [2.45, 2.75) is 38.4 Å². The van der Waals surface area contributed by atoms with Crippen LogP contribution in [-0.4, -0.2) is 26.4 Å². The molecule has 1 amide bonds. The molecule has 7 heteroatoms. The van der Waals surface area contributed by atoms with Gasteiger partial charge in [-0.05, 0) is 19.4 Å². The van der Waals surface area contributed by atoms with Crippen molar-refractivity contribution >= 4 is 17.7 Å². The van der Waals surface area contributed by atoms with Gasteiger partial charge in [-0.3, -0.25) is 4.79 Å². The number of carbonyl (C=O) groups is 1. The first kappa shape index (κ1) is 14.6. The number of thioether (sulfide) groups is 1. The second-order valence-electron chi connectivity index (χ2n) is 4.46. The quantitative estimate of drug-likeness (QED) is 0.791. The Morgan fingerprint density at radius 1 is 1.50 bits per heavy atom. The van der Waals surface area contributed by atoms with Crippen LogP contribution in [0.2, 0.25) is 0 Å². The second-order valence-corrected chi connectivity index (χ2v) is 5.40. The molecule has 0 atom stereocenters. The number of amides is 1. The molecule has 0 saturated heterocycles. The van der Waals surface area contributed by atoms with Crippen molar-refractivity contribution in [1.82, 2.24) is 14.8 Å². The van der Waals surface area contributed by atoms with E-state index in [1.54, 1.807) is 6.26 Å². The van der Waals surface area contributed by atoms with Gasteiger partial charge in [-0.15, -0.1) is 10.2 Å². The molecule has 0 aliphatic rings. The summed E-state index contributed by atoms with van der Waals surface area (Å²) >= 11 is 1.31. The summed E-state index contributed by atoms with van der Waals surface area (Å²) in [4.78, 5) is 10.9.